The van der Waals surface area contributed by atoms with Gasteiger partial charge in [0.25, 0.3) is 10.0 Å². The molecule has 1 heterocycles. The molecule has 1 saturated heterocycles. The fourth-order valence-corrected chi connectivity index (χ4v) is 4.37. The second-order valence-corrected chi connectivity index (χ2v) is 8.36. The van der Waals surface area contributed by atoms with Gasteiger partial charge in [-0.25, -0.2) is 22.6 Å². The molecule has 0 spiro atoms. The fraction of sp³-hybridized carbons (Fsp3) is 0.278. The Morgan fingerprint density at radius 1 is 1.14 bits per heavy atom. The van der Waals surface area contributed by atoms with Crippen LogP contribution in [0.5, 0.6) is 0 Å². The number of sulfonamides is 1. The van der Waals surface area contributed by atoms with E-state index in [9.17, 15) is 22.0 Å². The Morgan fingerprint density at radius 2 is 1.79 bits per heavy atom. The predicted octanol–water partition coefficient (Wildman–Crippen LogP) is 1.38. The maximum atomic E-state index is 13.2. The smallest absolute Gasteiger partial charge is 0.250 e. The zero-order chi connectivity index (χ0) is 20.3. The van der Waals surface area contributed by atoms with Crippen molar-refractivity contribution in [3.05, 3.63) is 65.2 Å². The summed E-state index contributed by atoms with van der Waals surface area (Å²) >= 11 is 0. The second-order valence-electron chi connectivity index (χ2n) is 6.56. The van der Waals surface area contributed by atoms with Gasteiger partial charge in [-0.2, -0.15) is 0 Å². The zero-order valence-corrected chi connectivity index (χ0v) is 15.8. The van der Waals surface area contributed by atoms with Crippen LogP contribution in [0.15, 0.2) is 42.5 Å². The third-order valence-electron chi connectivity index (χ3n) is 4.30. The molecular formula is C18H20F2N4O3S. The van der Waals surface area contributed by atoms with E-state index in [1.165, 1.54) is 0 Å². The number of aryl methyl sites for hydroxylation is 1. The van der Waals surface area contributed by atoms with Crippen LogP contribution in [-0.4, -0.2) is 26.2 Å². The van der Waals surface area contributed by atoms with Crippen molar-refractivity contribution in [1.82, 2.24) is 16.2 Å². The number of carbonyl (C=O) groups excluding carboxylic acids is 1. The van der Waals surface area contributed by atoms with Gasteiger partial charge in [-0.3, -0.25) is 14.9 Å². The zero-order valence-electron chi connectivity index (χ0n) is 15.0. The first kappa shape index (κ1) is 20.2. The number of carbonyl (C=O) groups is 1. The van der Waals surface area contributed by atoms with Crippen LogP contribution in [0, 0.1) is 24.5 Å². The number of amides is 1. The lowest BCUT2D eigenvalue weighted by Gasteiger charge is -2.19. The molecule has 0 radical (unpaired) electrons. The van der Waals surface area contributed by atoms with Crippen molar-refractivity contribution in [1.29, 1.82) is 0 Å². The van der Waals surface area contributed by atoms with Crippen LogP contribution in [0.1, 0.15) is 11.1 Å². The molecule has 2 aromatic rings. The van der Waals surface area contributed by atoms with Gasteiger partial charge < -0.3 is 5.32 Å². The van der Waals surface area contributed by atoms with Gasteiger partial charge in [0.1, 0.15) is 11.6 Å². The molecule has 0 saturated carbocycles. The van der Waals surface area contributed by atoms with E-state index < -0.39 is 38.9 Å². The Kier molecular flexibility index (Phi) is 5.92. The topological polar surface area (TPSA) is 99.3 Å². The average Bonchev–Trinajstić information content (AvgIpc) is 3.12. The van der Waals surface area contributed by atoms with Crippen LogP contribution in [-0.2, 0) is 21.4 Å². The fourth-order valence-electron chi connectivity index (χ4n) is 2.88. The minimum atomic E-state index is -3.92. The normalized spacial score (nSPS) is 19.4. The first-order valence-corrected chi connectivity index (χ1v) is 10.1. The highest BCUT2D eigenvalue weighted by Gasteiger charge is 2.41. The predicted molar refractivity (Wildman–Crippen MR) is 100 cm³/mol. The summed E-state index contributed by atoms with van der Waals surface area (Å²) in [6.07, 6.45) is 0. The number of nitrogens with one attached hydrogen (secondary N) is 4. The molecule has 4 N–H and O–H groups in total. The van der Waals surface area contributed by atoms with E-state index in [1.54, 1.807) is 24.3 Å². The lowest BCUT2D eigenvalue weighted by Crippen LogP contribution is -2.46. The van der Waals surface area contributed by atoms with Crippen molar-refractivity contribution in [2.45, 2.75) is 18.8 Å². The Bertz CT molecular complexity index is 947. The molecule has 10 heteroatoms. The Labute approximate surface area is 161 Å². The minimum absolute atomic E-state index is 0.0861. The maximum Gasteiger partial charge on any atom is 0.250 e. The van der Waals surface area contributed by atoms with Crippen molar-refractivity contribution >= 4 is 21.6 Å². The van der Waals surface area contributed by atoms with Gasteiger partial charge in [-0.1, -0.05) is 17.7 Å². The summed E-state index contributed by atoms with van der Waals surface area (Å²) in [5.74, 6) is -2.99. The summed E-state index contributed by atoms with van der Waals surface area (Å²) in [5, 5.41) is 1.31. The highest BCUT2D eigenvalue weighted by Crippen LogP contribution is 2.19. The molecule has 7 nitrogen and oxygen atoms in total. The molecular weight excluding hydrogens is 390 g/mol. The van der Waals surface area contributed by atoms with Crippen LogP contribution in [0.4, 0.5) is 14.5 Å². The molecule has 1 aliphatic heterocycles. The number of hydrazine groups is 1. The Morgan fingerprint density at radius 3 is 2.43 bits per heavy atom. The van der Waals surface area contributed by atoms with E-state index in [4.69, 9.17) is 0 Å². The highest BCUT2D eigenvalue weighted by molar-refractivity contribution is 7.93. The number of hydrogen-bond acceptors (Lipinski definition) is 5. The largest absolute Gasteiger partial charge is 0.352 e. The third kappa shape index (κ3) is 4.83. The van der Waals surface area contributed by atoms with Gasteiger partial charge in [-0.15, -0.1) is 0 Å². The standard InChI is InChI=1S/C18H20F2N4O3S/c1-11-2-4-15(5-3-11)24-28(26,27)18-16(10-22-23-18)17(25)21-9-12-6-13(19)8-14(20)7-12/h2-8,16,18,22-24H,9-10H2,1H3,(H,21,25). The Hall–Kier alpha value is -2.56. The van der Waals surface area contributed by atoms with Gasteiger partial charge in [0, 0.05) is 24.8 Å². The number of benzene rings is 2. The van der Waals surface area contributed by atoms with Crippen LogP contribution in [0.2, 0.25) is 0 Å². The summed E-state index contributed by atoms with van der Waals surface area (Å²) in [5.41, 5.74) is 6.87. The van der Waals surface area contributed by atoms with Crippen molar-refractivity contribution < 1.29 is 22.0 Å². The first-order valence-electron chi connectivity index (χ1n) is 8.54. The maximum absolute atomic E-state index is 13.2. The lowest BCUT2D eigenvalue weighted by molar-refractivity contribution is -0.124. The molecule has 0 aliphatic carbocycles. The monoisotopic (exact) mass is 410 g/mol. The third-order valence-corrected chi connectivity index (χ3v) is 5.94. The van der Waals surface area contributed by atoms with E-state index in [-0.39, 0.29) is 18.7 Å². The van der Waals surface area contributed by atoms with Crippen LogP contribution < -0.4 is 20.9 Å². The van der Waals surface area contributed by atoms with Gasteiger partial charge in [0.2, 0.25) is 5.91 Å². The van der Waals surface area contributed by atoms with Crippen LogP contribution >= 0.6 is 0 Å². The van der Waals surface area contributed by atoms with Gasteiger partial charge >= 0.3 is 0 Å². The number of halogens is 2. The molecule has 2 atom stereocenters. The quantitative estimate of drug-likeness (QED) is 0.577. The molecule has 2 unspecified atom stereocenters. The summed E-state index contributed by atoms with van der Waals surface area (Å²) in [7, 11) is -3.92. The SMILES string of the molecule is Cc1ccc(NS(=O)(=O)C2NNCC2C(=O)NCc2cc(F)cc(F)c2)cc1. The lowest BCUT2D eigenvalue weighted by atomic mass is 10.1. The van der Waals surface area contributed by atoms with Crippen molar-refractivity contribution in [3.63, 3.8) is 0 Å². The van der Waals surface area contributed by atoms with Crippen molar-refractivity contribution in [3.8, 4) is 0 Å². The molecule has 1 fully saturated rings. The number of anilines is 1. The van der Waals surface area contributed by atoms with Crippen LogP contribution in [0.25, 0.3) is 0 Å². The molecule has 150 valence electrons. The van der Waals surface area contributed by atoms with Gasteiger partial charge in [-0.05, 0) is 36.8 Å². The van der Waals surface area contributed by atoms with E-state index in [1.807, 2.05) is 6.92 Å². The average molecular weight is 410 g/mol. The minimum Gasteiger partial charge on any atom is -0.352 e. The van der Waals surface area contributed by atoms with E-state index in [2.05, 4.69) is 20.9 Å². The molecule has 0 aromatic heterocycles. The summed E-state index contributed by atoms with van der Waals surface area (Å²) in [6, 6.07) is 9.71. The molecule has 2 aromatic carbocycles. The van der Waals surface area contributed by atoms with Crippen molar-refractivity contribution in [2.75, 3.05) is 11.3 Å². The molecule has 1 aliphatic rings. The molecule has 3 rings (SSSR count). The molecule has 28 heavy (non-hydrogen) atoms. The van der Waals surface area contributed by atoms with Gasteiger partial charge in [0.05, 0.1) is 5.92 Å². The summed E-state index contributed by atoms with van der Waals surface area (Å²) in [6.45, 7) is 1.84. The van der Waals surface area contributed by atoms with E-state index in [0.29, 0.717) is 5.69 Å². The van der Waals surface area contributed by atoms with E-state index >= 15 is 0 Å². The first-order chi connectivity index (χ1) is 13.2. The highest BCUT2D eigenvalue weighted by atomic mass is 32.2. The van der Waals surface area contributed by atoms with Crippen molar-refractivity contribution in [2.24, 2.45) is 5.92 Å². The van der Waals surface area contributed by atoms with Crippen LogP contribution in [0.3, 0.4) is 0 Å². The second kappa shape index (κ2) is 8.21. The molecule has 0 bridgehead atoms. The number of rotatable bonds is 6. The Balaban J connectivity index is 1.67. The van der Waals surface area contributed by atoms with Gasteiger partial charge in [0.15, 0.2) is 5.37 Å². The summed E-state index contributed by atoms with van der Waals surface area (Å²) in [4.78, 5) is 12.5. The summed E-state index contributed by atoms with van der Waals surface area (Å²) < 4.78 is 54.3. The van der Waals surface area contributed by atoms with E-state index in [0.717, 1.165) is 23.8 Å². The molecule has 1 amide bonds. The number of hydrogen-bond donors (Lipinski definition) is 4.